The lowest BCUT2D eigenvalue weighted by Gasteiger charge is -2.29. The van der Waals surface area contributed by atoms with Crippen LogP contribution in [0.3, 0.4) is 0 Å². The predicted octanol–water partition coefficient (Wildman–Crippen LogP) is 5.61. The van der Waals surface area contributed by atoms with E-state index in [-0.39, 0.29) is 0 Å². The first-order valence-electron chi connectivity index (χ1n) is 8.22. The molecule has 1 aromatic heterocycles. The minimum absolute atomic E-state index is 0.328. The van der Waals surface area contributed by atoms with Crippen LogP contribution in [0.4, 0.5) is 0 Å². The average molecular weight is 264 g/mol. The Morgan fingerprint density at radius 3 is 2.11 bits per heavy atom. The highest BCUT2D eigenvalue weighted by molar-refractivity contribution is 5.17. The van der Waals surface area contributed by atoms with Crippen LogP contribution in [-0.2, 0) is 5.41 Å². The van der Waals surface area contributed by atoms with Crippen LogP contribution in [0.5, 0.6) is 0 Å². The molecule has 0 radical (unpaired) electrons. The standard InChI is InChI=1S/C17H32N2/c1-4-6-8-9-11-13-17(3,12-10-7-5-2)16-14-18-19-15-16/h14-15H,4-13H2,1-3H3,(H,18,19). The average Bonchev–Trinajstić information content (AvgIpc) is 2.93. The first kappa shape index (κ1) is 16.3. The van der Waals surface area contributed by atoms with Gasteiger partial charge in [-0.2, -0.15) is 5.10 Å². The van der Waals surface area contributed by atoms with Gasteiger partial charge in [-0.25, -0.2) is 0 Å². The third kappa shape index (κ3) is 5.80. The second-order valence-corrected chi connectivity index (χ2v) is 6.17. The Morgan fingerprint density at radius 1 is 0.947 bits per heavy atom. The summed E-state index contributed by atoms with van der Waals surface area (Å²) >= 11 is 0. The molecule has 0 aromatic carbocycles. The third-order valence-electron chi connectivity index (χ3n) is 4.36. The molecular weight excluding hydrogens is 232 g/mol. The maximum Gasteiger partial charge on any atom is 0.0524 e. The molecular formula is C17H32N2. The van der Waals surface area contributed by atoms with Crippen molar-refractivity contribution < 1.29 is 0 Å². The monoisotopic (exact) mass is 264 g/mol. The van der Waals surface area contributed by atoms with Gasteiger partial charge in [-0.15, -0.1) is 0 Å². The second kappa shape index (κ2) is 9.17. The van der Waals surface area contributed by atoms with Crippen LogP contribution < -0.4 is 0 Å². The second-order valence-electron chi connectivity index (χ2n) is 6.17. The summed E-state index contributed by atoms with van der Waals surface area (Å²) in [5, 5.41) is 7.14. The molecule has 1 unspecified atom stereocenters. The first-order valence-corrected chi connectivity index (χ1v) is 8.22. The van der Waals surface area contributed by atoms with E-state index in [4.69, 9.17) is 0 Å². The minimum Gasteiger partial charge on any atom is -0.285 e. The van der Waals surface area contributed by atoms with Crippen molar-refractivity contribution in [2.24, 2.45) is 0 Å². The highest BCUT2D eigenvalue weighted by Gasteiger charge is 2.26. The van der Waals surface area contributed by atoms with Crippen LogP contribution >= 0.6 is 0 Å². The van der Waals surface area contributed by atoms with E-state index < -0.39 is 0 Å². The number of aromatic nitrogens is 2. The van der Waals surface area contributed by atoms with Gasteiger partial charge in [0.1, 0.15) is 0 Å². The van der Waals surface area contributed by atoms with Gasteiger partial charge in [0.15, 0.2) is 0 Å². The molecule has 1 N–H and O–H groups in total. The lowest BCUT2D eigenvalue weighted by atomic mass is 9.75. The lowest BCUT2D eigenvalue weighted by molar-refractivity contribution is 0.365. The number of nitrogens with one attached hydrogen (secondary N) is 1. The summed E-state index contributed by atoms with van der Waals surface area (Å²) in [5.74, 6) is 0. The zero-order valence-electron chi connectivity index (χ0n) is 13.2. The molecule has 0 aliphatic carbocycles. The normalized spacial score (nSPS) is 14.5. The van der Waals surface area contributed by atoms with Gasteiger partial charge in [0, 0.05) is 6.20 Å². The van der Waals surface area contributed by atoms with Crippen LogP contribution in [-0.4, -0.2) is 10.2 Å². The Hall–Kier alpha value is -0.790. The number of aromatic amines is 1. The van der Waals surface area contributed by atoms with E-state index in [0.717, 1.165) is 0 Å². The summed E-state index contributed by atoms with van der Waals surface area (Å²) < 4.78 is 0. The van der Waals surface area contributed by atoms with Crippen molar-refractivity contribution in [2.45, 2.75) is 90.4 Å². The molecule has 19 heavy (non-hydrogen) atoms. The van der Waals surface area contributed by atoms with E-state index in [1.807, 2.05) is 6.20 Å². The zero-order chi connectivity index (χ0) is 14.0. The van der Waals surface area contributed by atoms with Crippen molar-refractivity contribution in [1.29, 1.82) is 0 Å². The first-order chi connectivity index (χ1) is 9.23. The number of unbranched alkanes of at least 4 members (excludes halogenated alkanes) is 6. The summed E-state index contributed by atoms with van der Waals surface area (Å²) in [5.41, 5.74) is 1.73. The fraction of sp³-hybridized carbons (Fsp3) is 0.824. The topological polar surface area (TPSA) is 28.7 Å². The number of hydrogen-bond donors (Lipinski definition) is 1. The SMILES string of the molecule is CCCCCCCC(C)(CCCCC)c1cn[nH]c1. The van der Waals surface area contributed by atoms with E-state index in [1.54, 1.807) is 0 Å². The summed E-state index contributed by atoms with van der Waals surface area (Å²) in [4.78, 5) is 0. The Labute approximate surface area is 119 Å². The molecule has 0 bridgehead atoms. The van der Waals surface area contributed by atoms with Crippen LogP contribution in [0.2, 0.25) is 0 Å². The van der Waals surface area contributed by atoms with Gasteiger partial charge in [-0.3, -0.25) is 5.10 Å². The molecule has 0 saturated heterocycles. The summed E-state index contributed by atoms with van der Waals surface area (Å²) in [6.07, 6.45) is 17.6. The highest BCUT2D eigenvalue weighted by Crippen LogP contribution is 2.34. The lowest BCUT2D eigenvalue weighted by Crippen LogP contribution is -2.21. The molecule has 2 nitrogen and oxygen atoms in total. The molecule has 0 amide bonds. The maximum absolute atomic E-state index is 4.15. The molecule has 1 heterocycles. The van der Waals surface area contributed by atoms with Gasteiger partial charge < -0.3 is 0 Å². The fourth-order valence-electron chi connectivity index (χ4n) is 2.88. The highest BCUT2D eigenvalue weighted by atomic mass is 15.1. The Morgan fingerprint density at radius 2 is 1.53 bits per heavy atom. The maximum atomic E-state index is 4.15. The molecule has 1 aromatic rings. The van der Waals surface area contributed by atoms with Crippen molar-refractivity contribution in [3.05, 3.63) is 18.0 Å². The van der Waals surface area contributed by atoms with Crippen LogP contribution in [0.15, 0.2) is 12.4 Å². The molecule has 1 atom stereocenters. The van der Waals surface area contributed by atoms with Gasteiger partial charge >= 0.3 is 0 Å². The van der Waals surface area contributed by atoms with Crippen LogP contribution in [0.1, 0.15) is 90.5 Å². The number of nitrogens with zero attached hydrogens (tertiary/aromatic N) is 1. The van der Waals surface area contributed by atoms with Crippen molar-refractivity contribution in [1.82, 2.24) is 10.2 Å². The van der Waals surface area contributed by atoms with Crippen molar-refractivity contribution in [2.75, 3.05) is 0 Å². The van der Waals surface area contributed by atoms with E-state index in [2.05, 4.69) is 37.2 Å². The fourth-order valence-corrected chi connectivity index (χ4v) is 2.88. The number of hydrogen-bond acceptors (Lipinski definition) is 1. The predicted molar refractivity (Wildman–Crippen MR) is 83.5 cm³/mol. The quantitative estimate of drug-likeness (QED) is 0.517. The van der Waals surface area contributed by atoms with Crippen LogP contribution in [0, 0.1) is 0 Å². The minimum atomic E-state index is 0.328. The molecule has 2 heteroatoms. The van der Waals surface area contributed by atoms with Gasteiger partial charge in [0.2, 0.25) is 0 Å². The number of H-pyrrole nitrogens is 1. The van der Waals surface area contributed by atoms with E-state index in [9.17, 15) is 0 Å². The Balaban J connectivity index is 2.45. The Bertz CT molecular complexity index is 305. The van der Waals surface area contributed by atoms with Gasteiger partial charge in [-0.1, -0.05) is 72.1 Å². The molecule has 110 valence electrons. The van der Waals surface area contributed by atoms with Crippen molar-refractivity contribution >= 4 is 0 Å². The van der Waals surface area contributed by atoms with Crippen LogP contribution in [0.25, 0.3) is 0 Å². The van der Waals surface area contributed by atoms with E-state index in [1.165, 1.54) is 69.8 Å². The molecule has 0 aliphatic rings. The van der Waals surface area contributed by atoms with E-state index in [0.29, 0.717) is 5.41 Å². The Kier molecular flexibility index (Phi) is 7.85. The third-order valence-corrected chi connectivity index (χ3v) is 4.36. The summed E-state index contributed by atoms with van der Waals surface area (Å²) in [6, 6.07) is 0. The molecule has 0 aliphatic heterocycles. The molecule has 1 rings (SSSR count). The van der Waals surface area contributed by atoms with E-state index >= 15 is 0 Å². The molecule has 0 saturated carbocycles. The number of rotatable bonds is 11. The summed E-state index contributed by atoms with van der Waals surface area (Å²) in [7, 11) is 0. The van der Waals surface area contributed by atoms with Crippen molar-refractivity contribution in [3.8, 4) is 0 Å². The van der Waals surface area contributed by atoms with Gasteiger partial charge in [0.05, 0.1) is 6.20 Å². The molecule has 0 fully saturated rings. The smallest absolute Gasteiger partial charge is 0.0524 e. The van der Waals surface area contributed by atoms with Crippen molar-refractivity contribution in [3.63, 3.8) is 0 Å². The summed E-state index contributed by atoms with van der Waals surface area (Å²) in [6.45, 7) is 6.98. The van der Waals surface area contributed by atoms with Gasteiger partial charge in [-0.05, 0) is 23.8 Å². The zero-order valence-corrected chi connectivity index (χ0v) is 13.2. The van der Waals surface area contributed by atoms with Gasteiger partial charge in [0.25, 0.3) is 0 Å². The largest absolute Gasteiger partial charge is 0.285 e. The molecule has 0 spiro atoms.